The van der Waals surface area contributed by atoms with E-state index in [1.54, 1.807) is 0 Å². The summed E-state index contributed by atoms with van der Waals surface area (Å²) in [5.74, 6) is 1.32. The van der Waals surface area contributed by atoms with Gasteiger partial charge in [0.1, 0.15) is 5.75 Å². The number of phenolic OH excluding ortho intramolecular Hbond substituents is 1. The summed E-state index contributed by atoms with van der Waals surface area (Å²) in [4.78, 5) is 2.61. The van der Waals surface area contributed by atoms with Crippen LogP contribution in [0.5, 0.6) is 5.75 Å². The van der Waals surface area contributed by atoms with Gasteiger partial charge in [-0.15, -0.1) is 0 Å². The topological polar surface area (TPSA) is 23.5 Å². The second-order valence-corrected chi connectivity index (χ2v) is 9.62. The van der Waals surface area contributed by atoms with E-state index in [2.05, 4.69) is 97.5 Å². The second-order valence-electron chi connectivity index (χ2n) is 9.62. The summed E-state index contributed by atoms with van der Waals surface area (Å²) >= 11 is 0. The fourth-order valence-electron chi connectivity index (χ4n) is 4.74. The summed E-state index contributed by atoms with van der Waals surface area (Å²) in [7, 11) is 0. The fraction of sp³-hybridized carbons (Fsp3) is 0.571. The van der Waals surface area contributed by atoms with Crippen LogP contribution in [0.3, 0.4) is 0 Å². The number of hydrogen-bond donors (Lipinski definition) is 1. The summed E-state index contributed by atoms with van der Waals surface area (Å²) in [5.41, 5.74) is 7.69. The van der Waals surface area contributed by atoms with Crippen LogP contribution in [0.15, 0.2) is 30.3 Å². The SMILES string of the molecule is [2H]Oc1cc(C)c(C(C)C)cc1[C@H](CCN(C(C)C)C(C)CC)c1cccc(C)c1C. The number of nitrogens with zero attached hydrogens (tertiary/aromatic N) is 1. The molecule has 2 aromatic carbocycles. The van der Waals surface area contributed by atoms with Crippen molar-refractivity contribution in [2.24, 2.45) is 0 Å². The Bertz CT molecular complexity index is 858. The molecule has 2 rings (SSSR count). The van der Waals surface area contributed by atoms with Gasteiger partial charge in [-0.25, -0.2) is 0 Å². The number of phenols is 1. The highest BCUT2D eigenvalue weighted by Gasteiger charge is 2.24. The van der Waals surface area contributed by atoms with Crippen molar-refractivity contribution in [3.05, 3.63) is 63.7 Å². The van der Waals surface area contributed by atoms with E-state index in [1.165, 1.54) is 27.8 Å². The molecule has 0 bridgehead atoms. The van der Waals surface area contributed by atoms with Gasteiger partial charge in [0.2, 0.25) is 0 Å². The Labute approximate surface area is 186 Å². The zero-order valence-corrected chi connectivity index (χ0v) is 20.7. The van der Waals surface area contributed by atoms with Crippen LogP contribution >= 0.6 is 0 Å². The third-order valence-corrected chi connectivity index (χ3v) is 6.91. The molecule has 2 nitrogen and oxygen atoms in total. The predicted molar refractivity (Wildman–Crippen MR) is 131 cm³/mol. The van der Waals surface area contributed by atoms with Gasteiger partial charge in [0, 0.05) is 23.6 Å². The Balaban J connectivity index is 2.61. The molecule has 0 saturated heterocycles. The number of benzene rings is 2. The first-order valence-electron chi connectivity index (χ1n) is 12.1. The minimum atomic E-state index is 0.198. The summed E-state index contributed by atoms with van der Waals surface area (Å²) < 4.78 is 7.78. The average molecular weight is 411 g/mol. The lowest BCUT2D eigenvalue weighted by Gasteiger charge is -2.34. The van der Waals surface area contributed by atoms with Gasteiger partial charge in [-0.1, -0.05) is 45.0 Å². The maximum absolute atomic E-state index is 7.78. The molecule has 0 saturated carbocycles. The molecular formula is C28H43NO. The monoisotopic (exact) mass is 410 g/mol. The number of aromatic hydroxyl groups is 1. The Morgan fingerprint density at radius 1 is 0.933 bits per heavy atom. The third-order valence-electron chi connectivity index (χ3n) is 6.91. The fourth-order valence-corrected chi connectivity index (χ4v) is 4.74. The number of hydrogen-bond acceptors (Lipinski definition) is 2. The summed E-state index contributed by atoms with van der Waals surface area (Å²) in [6.07, 6.45) is 2.15. The van der Waals surface area contributed by atoms with Gasteiger partial charge in [0.15, 0.2) is 0 Å². The Morgan fingerprint density at radius 2 is 1.63 bits per heavy atom. The van der Waals surface area contributed by atoms with Crippen molar-refractivity contribution in [2.75, 3.05) is 6.54 Å². The molecule has 0 aliphatic carbocycles. The standard InChI is InChI=1S/C28H43NO/c1-10-22(8)29(19(4)5)15-14-25(24-13-11-12-20(6)23(24)9)27-17-26(18(2)3)21(7)16-28(27)30/h11-13,16-19,22,25,30H,10,14-15H2,1-9H3/t22?,25-/m1/s1/i/hD. The van der Waals surface area contributed by atoms with Crippen molar-refractivity contribution in [1.29, 1.82) is 1.43 Å². The predicted octanol–water partition coefficient (Wildman–Crippen LogP) is 7.47. The van der Waals surface area contributed by atoms with Crippen molar-refractivity contribution in [2.45, 2.75) is 99.1 Å². The van der Waals surface area contributed by atoms with Crippen LogP contribution in [-0.4, -0.2) is 30.1 Å². The van der Waals surface area contributed by atoms with E-state index < -0.39 is 0 Å². The molecule has 0 radical (unpaired) electrons. The molecule has 166 valence electrons. The quantitative estimate of drug-likeness (QED) is 0.439. The highest BCUT2D eigenvalue weighted by molar-refractivity contribution is 5.50. The van der Waals surface area contributed by atoms with Gasteiger partial charge in [0.25, 0.3) is 1.43 Å². The van der Waals surface area contributed by atoms with Crippen LogP contribution < -0.4 is 0 Å². The second kappa shape index (κ2) is 10.5. The smallest absolute Gasteiger partial charge is 0.293 e. The molecule has 2 aromatic rings. The van der Waals surface area contributed by atoms with Crippen molar-refractivity contribution in [3.63, 3.8) is 0 Å². The van der Waals surface area contributed by atoms with Crippen molar-refractivity contribution in [3.8, 4) is 5.75 Å². The normalized spacial score (nSPS) is 14.3. The largest absolute Gasteiger partial charge is 0.508 e. The summed E-state index contributed by atoms with van der Waals surface area (Å²) in [6.45, 7) is 21.2. The highest BCUT2D eigenvalue weighted by atomic mass is 16.3. The molecule has 0 aliphatic heterocycles. The molecule has 1 N–H and O–H groups in total. The van der Waals surface area contributed by atoms with Crippen LogP contribution in [0.4, 0.5) is 0 Å². The molecule has 0 amide bonds. The average Bonchev–Trinajstić information content (AvgIpc) is 2.72. The van der Waals surface area contributed by atoms with Gasteiger partial charge >= 0.3 is 0 Å². The van der Waals surface area contributed by atoms with Crippen LogP contribution in [-0.2, 0) is 0 Å². The first kappa shape index (κ1) is 22.9. The zero-order chi connectivity index (χ0) is 23.3. The minimum absolute atomic E-state index is 0.198. The van der Waals surface area contributed by atoms with Crippen LogP contribution in [0, 0.1) is 20.8 Å². The molecule has 0 aliphatic rings. The van der Waals surface area contributed by atoms with Crippen LogP contribution in [0.1, 0.15) is 99.6 Å². The van der Waals surface area contributed by atoms with E-state index in [9.17, 15) is 0 Å². The van der Waals surface area contributed by atoms with Gasteiger partial charge in [-0.2, -0.15) is 0 Å². The zero-order valence-electron chi connectivity index (χ0n) is 21.7. The lowest BCUT2D eigenvalue weighted by atomic mass is 9.82. The van der Waals surface area contributed by atoms with Gasteiger partial charge in [0.05, 0.1) is 0 Å². The number of rotatable bonds is 10. The first-order valence-corrected chi connectivity index (χ1v) is 11.7. The van der Waals surface area contributed by atoms with E-state index in [4.69, 9.17) is 6.54 Å². The lowest BCUT2D eigenvalue weighted by molar-refractivity contribution is 0.156. The first-order chi connectivity index (χ1) is 14.6. The lowest BCUT2D eigenvalue weighted by Crippen LogP contribution is -2.39. The van der Waals surface area contributed by atoms with E-state index in [0.29, 0.717) is 23.8 Å². The van der Waals surface area contributed by atoms with Crippen molar-refractivity contribution < 1.29 is 5.11 Å². The molecule has 0 spiro atoms. The van der Waals surface area contributed by atoms with Crippen LogP contribution in [0.2, 0.25) is 0 Å². The van der Waals surface area contributed by atoms with Crippen molar-refractivity contribution in [1.82, 2.24) is 4.90 Å². The van der Waals surface area contributed by atoms with Gasteiger partial charge in [-0.05, 0) is 101 Å². The van der Waals surface area contributed by atoms with Crippen LogP contribution in [0.25, 0.3) is 0 Å². The maximum atomic E-state index is 7.78. The molecule has 0 fully saturated rings. The van der Waals surface area contributed by atoms with E-state index in [1.807, 2.05) is 0 Å². The molecule has 0 aromatic heterocycles. The Hall–Kier alpha value is -1.80. The summed E-state index contributed by atoms with van der Waals surface area (Å²) in [5, 5.41) is 5.19. The molecule has 2 heteroatoms. The van der Waals surface area contributed by atoms with Crippen molar-refractivity contribution >= 4 is 0 Å². The van der Waals surface area contributed by atoms with E-state index in [-0.39, 0.29) is 5.92 Å². The van der Waals surface area contributed by atoms with E-state index in [0.717, 1.165) is 24.9 Å². The minimum Gasteiger partial charge on any atom is -0.508 e. The Morgan fingerprint density at radius 3 is 2.20 bits per heavy atom. The third kappa shape index (κ3) is 5.46. The Kier molecular flexibility index (Phi) is 7.99. The molecule has 1 unspecified atom stereocenters. The summed E-state index contributed by atoms with van der Waals surface area (Å²) in [6, 6.07) is 12.0. The highest BCUT2D eigenvalue weighted by Crippen LogP contribution is 2.39. The molecule has 0 heterocycles. The van der Waals surface area contributed by atoms with Gasteiger partial charge in [-0.3, -0.25) is 4.90 Å². The maximum Gasteiger partial charge on any atom is 0.293 e. The molecule has 30 heavy (non-hydrogen) atoms. The molecular weight excluding hydrogens is 366 g/mol. The number of aryl methyl sites for hydroxylation is 2. The molecule has 2 atom stereocenters. The van der Waals surface area contributed by atoms with E-state index >= 15 is 0 Å². The van der Waals surface area contributed by atoms with Gasteiger partial charge < -0.3 is 5.11 Å².